The summed E-state index contributed by atoms with van der Waals surface area (Å²) in [5, 5.41) is 0. The van der Waals surface area contributed by atoms with E-state index in [1.807, 2.05) is 0 Å². The van der Waals surface area contributed by atoms with E-state index in [-0.39, 0.29) is 90.4 Å². The number of hydrogen-bond acceptors (Lipinski definition) is 8. The fourth-order valence-corrected chi connectivity index (χ4v) is 8.61. The smallest absolute Gasteiger partial charge is 0.395 e. The summed E-state index contributed by atoms with van der Waals surface area (Å²) in [5.74, 6) is -7.83. The van der Waals surface area contributed by atoms with Gasteiger partial charge in [-0.1, -0.05) is 100 Å². The lowest BCUT2D eigenvalue weighted by atomic mass is 9.85. The normalized spacial score (nSPS) is 18.0. The van der Waals surface area contributed by atoms with Crippen molar-refractivity contribution in [2.75, 3.05) is 0 Å². The highest BCUT2D eigenvalue weighted by Gasteiger charge is 2.39. The standard InChI is InChI=1S/C64H48F12N4O4/c1-37(61(65,66)67)25-29-81-52-17-9-5-13-46(52)50-35-45-34-43-22-21-41(77-43)33-42-23-24-44(78-42)36-51-56(47-14-6-10-18-53(47)82-30-26-38(2)62(68,69)70)57(48-15-7-11-19-54(48)83-31-27-39(3)63(71,72)73)60(80-51)58(59(50)79-45)49-16-8-12-20-55(49)84-32-28-40(4)64(74,75)76/h5-40H,1-4H3. The topological polar surface area (TPSA) is 86.4 Å². The third kappa shape index (κ3) is 13.8. The minimum atomic E-state index is -4.65. The number of rotatable bonds is 16. The molecule has 5 aliphatic heterocycles. The summed E-state index contributed by atoms with van der Waals surface area (Å²) < 4.78 is 191. The molecular weight excluding hydrogens is 1120 g/mol. The first kappa shape index (κ1) is 59.4. The number of halogens is 12. The van der Waals surface area contributed by atoms with E-state index in [9.17, 15) is 52.7 Å². The molecule has 20 heteroatoms. The zero-order valence-corrected chi connectivity index (χ0v) is 44.7. The summed E-state index contributed by atoms with van der Waals surface area (Å²) >= 11 is 0. The lowest BCUT2D eigenvalue weighted by Crippen LogP contribution is -2.17. The van der Waals surface area contributed by atoms with Crippen molar-refractivity contribution in [2.45, 2.75) is 52.4 Å². The molecule has 0 saturated carbocycles. The van der Waals surface area contributed by atoms with E-state index in [0.29, 0.717) is 22.8 Å². The van der Waals surface area contributed by atoms with Gasteiger partial charge >= 0.3 is 24.7 Å². The molecule has 8 nitrogen and oxygen atoms in total. The minimum absolute atomic E-state index is 0.000638. The summed E-state index contributed by atoms with van der Waals surface area (Å²) in [7, 11) is 0. The Bertz CT molecular complexity index is 3750. The van der Waals surface area contributed by atoms with Crippen molar-refractivity contribution < 1.29 is 71.6 Å². The zero-order chi connectivity index (χ0) is 60.1. The fourth-order valence-electron chi connectivity index (χ4n) is 8.61. The van der Waals surface area contributed by atoms with Crippen LogP contribution in [0.25, 0.3) is 22.3 Å². The molecule has 0 aliphatic carbocycles. The van der Waals surface area contributed by atoms with Crippen LogP contribution in [0.15, 0.2) is 238 Å². The maximum atomic E-state index is 14.0. The van der Waals surface area contributed by atoms with Gasteiger partial charge in [-0.3, -0.25) is 0 Å². The van der Waals surface area contributed by atoms with Gasteiger partial charge in [-0.25, -0.2) is 20.0 Å². The van der Waals surface area contributed by atoms with Crippen LogP contribution in [0.4, 0.5) is 52.7 Å². The number of ether oxygens (including phenoxy) is 4. The Hall–Kier alpha value is -9.20. The molecule has 5 heterocycles. The highest BCUT2D eigenvalue weighted by Crippen LogP contribution is 2.51. The van der Waals surface area contributed by atoms with Gasteiger partial charge in [0, 0.05) is 44.5 Å². The lowest BCUT2D eigenvalue weighted by Gasteiger charge is -2.21. The second-order valence-electron chi connectivity index (χ2n) is 19.5. The van der Waals surface area contributed by atoms with Crippen LogP contribution in [0.1, 0.15) is 49.9 Å². The minimum Gasteiger partial charge on any atom is -0.465 e. The van der Waals surface area contributed by atoms with Crippen molar-refractivity contribution in [3.63, 3.8) is 0 Å². The van der Waals surface area contributed by atoms with Gasteiger partial charge in [0.1, 0.15) is 23.0 Å². The molecule has 9 rings (SSSR count). The monoisotopic (exact) mass is 1160 g/mol. The maximum absolute atomic E-state index is 14.0. The largest absolute Gasteiger partial charge is 0.465 e. The molecule has 0 radical (unpaired) electrons. The molecule has 5 aliphatic rings. The molecule has 0 fully saturated rings. The molecule has 4 aromatic carbocycles. The van der Waals surface area contributed by atoms with E-state index in [1.165, 1.54) is 24.3 Å². The first-order chi connectivity index (χ1) is 39.8. The van der Waals surface area contributed by atoms with Crippen molar-refractivity contribution in [1.82, 2.24) is 0 Å². The number of allylic oxidation sites excluding steroid dienone is 16. The van der Waals surface area contributed by atoms with Crippen LogP contribution < -0.4 is 18.9 Å². The van der Waals surface area contributed by atoms with Crippen LogP contribution in [0.3, 0.4) is 0 Å². The lowest BCUT2D eigenvalue weighted by molar-refractivity contribution is -0.157. The van der Waals surface area contributed by atoms with E-state index in [1.54, 1.807) is 121 Å². The number of alkyl halides is 12. The van der Waals surface area contributed by atoms with Crippen LogP contribution in [0, 0.1) is 23.7 Å². The zero-order valence-electron chi connectivity index (χ0n) is 44.7. The molecule has 0 spiro atoms. The molecule has 0 saturated heterocycles. The van der Waals surface area contributed by atoms with Gasteiger partial charge in [0.2, 0.25) is 0 Å². The number of para-hydroxylation sites is 4. The summed E-state index contributed by atoms with van der Waals surface area (Å²) in [6, 6.07) is 25.1. The second-order valence-corrected chi connectivity index (χ2v) is 19.5. The molecule has 0 N–H and O–H groups in total. The third-order valence-corrected chi connectivity index (χ3v) is 13.4. The van der Waals surface area contributed by atoms with E-state index < -0.39 is 48.4 Å². The quantitative estimate of drug-likeness (QED) is 0.0826. The summed E-state index contributed by atoms with van der Waals surface area (Å²) in [5.41, 5.74) is 3.60. The number of aliphatic imine (C=N–C) groups is 4. The molecule has 4 atom stereocenters. The SMILES string of the molecule is CC(C=COc1ccccc1C1=CC2=CC3=NC(=CC4=NC(=CC5=NC(=C(c6ccccc6OC=CC(C)C(F)(F)F)C1=N2)C(c1ccccc1OC=CC(C)C(F)(F)F)=C5c1ccccc1OC=CC(C)C(F)(F)F)C=C4)C=C3)C(F)(F)F. The Labute approximate surface area is 474 Å². The summed E-state index contributed by atoms with van der Waals surface area (Å²) in [6.45, 7) is 3.75. The molecule has 8 bridgehead atoms. The molecule has 4 unspecified atom stereocenters. The molecule has 0 amide bonds. The number of benzene rings is 4. The first-order valence-corrected chi connectivity index (χ1v) is 25.9. The Balaban J connectivity index is 1.42. The van der Waals surface area contributed by atoms with Gasteiger partial charge in [-0.2, -0.15) is 52.7 Å². The van der Waals surface area contributed by atoms with Crippen molar-refractivity contribution >= 4 is 45.1 Å². The van der Waals surface area contributed by atoms with Crippen molar-refractivity contribution in [3.8, 4) is 23.0 Å². The summed E-state index contributed by atoms with van der Waals surface area (Å²) in [4.78, 5) is 20.3. The Morgan fingerprint density at radius 2 is 0.702 bits per heavy atom. The van der Waals surface area contributed by atoms with Crippen LogP contribution in [0.2, 0.25) is 0 Å². The van der Waals surface area contributed by atoms with Crippen LogP contribution in [0.5, 0.6) is 23.0 Å². The molecule has 432 valence electrons. The Morgan fingerprint density at radius 1 is 0.357 bits per heavy atom. The van der Waals surface area contributed by atoms with Gasteiger partial charge in [0.05, 0.1) is 94.4 Å². The Morgan fingerprint density at radius 3 is 1.12 bits per heavy atom. The number of fused-ring (bicyclic) bond motifs is 4. The third-order valence-electron chi connectivity index (χ3n) is 13.4. The first-order valence-electron chi connectivity index (χ1n) is 25.9. The van der Waals surface area contributed by atoms with Crippen molar-refractivity contribution in [2.24, 2.45) is 43.6 Å². The predicted molar refractivity (Wildman–Crippen MR) is 300 cm³/mol. The fraction of sp³-hybridized carbons (Fsp3) is 0.188. The molecular formula is C64H48F12N4O4. The average molecular weight is 1170 g/mol. The maximum Gasteiger partial charge on any atom is 0.395 e. The van der Waals surface area contributed by atoms with E-state index in [2.05, 4.69) is 0 Å². The molecule has 0 aromatic heterocycles. The summed E-state index contributed by atoms with van der Waals surface area (Å²) in [6.07, 6.45) is 1.81. The van der Waals surface area contributed by atoms with E-state index >= 15 is 0 Å². The van der Waals surface area contributed by atoms with E-state index in [0.717, 1.165) is 77.0 Å². The average Bonchev–Trinajstić information content (AvgIpc) is 2.24. The predicted octanol–water partition coefficient (Wildman–Crippen LogP) is 18.1. The van der Waals surface area contributed by atoms with Gasteiger partial charge < -0.3 is 18.9 Å². The van der Waals surface area contributed by atoms with Gasteiger partial charge in [-0.15, -0.1) is 0 Å². The van der Waals surface area contributed by atoms with Crippen LogP contribution >= 0.6 is 0 Å². The van der Waals surface area contributed by atoms with Gasteiger partial charge in [0.15, 0.2) is 0 Å². The van der Waals surface area contributed by atoms with Gasteiger partial charge in [-0.05, 0) is 97.2 Å². The van der Waals surface area contributed by atoms with Crippen LogP contribution in [-0.4, -0.2) is 47.6 Å². The number of nitrogens with zero attached hydrogens (tertiary/aromatic N) is 4. The second kappa shape index (κ2) is 24.3. The highest BCUT2D eigenvalue weighted by atomic mass is 19.4. The molecule has 84 heavy (non-hydrogen) atoms. The highest BCUT2D eigenvalue weighted by molar-refractivity contribution is 6.51. The van der Waals surface area contributed by atoms with E-state index in [4.69, 9.17) is 38.9 Å². The van der Waals surface area contributed by atoms with Crippen LogP contribution in [-0.2, 0) is 0 Å². The molecule has 4 aromatic rings. The van der Waals surface area contributed by atoms with Crippen molar-refractivity contribution in [3.05, 3.63) is 240 Å². The number of hydrogen-bond donors (Lipinski definition) is 0. The van der Waals surface area contributed by atoms with Gasteiger partial charge in [0.25, 0.3) is 0 Å². The van der Waals surface area contributed by atoms with Crippen molar-refractivity contribution in [1.29, 1.82) is 0 Å². The Kier molecular flexibility index (Phi) is 17.2.